The molecule has 0 bridgehead atoms. The molecule has 1 aromatic rings. The van der Waals surface area contributed by atoms with Gasteiger partial charge in [-0.3, -0.25) is 0 Å². The Morgan fingerprint density at radius 1 is 1.21 bits per heavy atom. The Kier molecular flexibility index (Phi) is 2.59. The van der Waals surface area contributed by atoms with E-state index in [2.05, 4.69) is 4.98 Å². The first-order valence-corrected chi connectivity index (χ1v) is 3.43. The van der Waals surface area contributed by atoms with E-state index < -0.39 is 29.7 Å². The van der Waals surface area contributed by atoms with Crippen LogP contribution in [0, 0.1) is 0 Å². The topological polar surface area (TPSA) is 38.9 Å². The molecule has 0 aliphatic rings. The smallest absolute Gasteiger partial charge is 0.384 e. The van der Waals surface area contributed by atoms with Gasteiger partial charge in [-0.1, -0.05) is 0 Å². The number of nitrogen functional groups attached to an aromatic ring is 1. The Bertz CT molecular complexity index is 333. The van der Waals surface area contributed by atoms with E-state index in [1.54, 1.807) is 0 Å². The zero-order chi connectivity index (χ0) is 10.9. The molecule has 2 N–H and O–H groups in total. The zero-order valence-corrected chi connectivity index (χ0v) is 6.65. The van der Waals surface area contributed by atoms with E-state index in [4.69, 9.17) is 5.73 Å². The average Bonchev–Trinajstić information content (AvgIpc) is 2.01. The lowest BCUT2D eigenvalue weighted by molar-refractivity contribution is -0.141. The Labute approximate surface area is 75.5 Å². The average molecular weight is 212 g/mol. The molecular formula is C7H5F5N2. The monoisotopic (exact) mass is 212 g/mol. The van der Waals surface area contributed by atoms with Gasteiger partial charge in [-0.25, -0.2) is 13.8 Å². The molecule has 7 heteroatoms. The molecule has 0 aliphatic heterocycles. The molecule has 0 aromatic carbocycles. The van der Waals surface area contributed by atoms with E-state index in [1.165, 1.54) is 0 Å². The third kappa shape index (κ3) is 2.30. The van der Waals surface area contributed by atoms with Crippen molar-refractivity contribution in [1.29, 1.82) is 0 Å². The Balaban J connectivity index is 3.21. The second-order valence-corrected chi connectivity index (χ2v) is 2.51. The minimum absolute atomic E-state index is 0.279. The third-order valence-corrected chi connectivity index (χ3v) is 1.41. The fourth-order valence-corrected chi connectivity index (χ4v) is 0.845. The first kappa shape index (κ1) is 10.7. The highest BCUT2D eigenvalue weighted by molar-refractivity contribution is 5.36. The molecule has 1 rings (SSSR count). The number of hydrogen-bond acceptors (Lipinski definition) is 2. The molecule has 0 unspecified atom stereocenters. The highest BCUT2D eigenvalue weighted by Gasteiger charge is 2.33. The second kappa shape index (κ2) is 3.39. The van der Waals surface area contributed by atoms with Crippen LogP contribution in [-0.4, -0.2) is 4.98 Å². The molecule has 0 fully saturated rings. The van der Waals surface area contributed by atoms with E-state index in [0.717, 1.165) is 0 Å². The number of hydrogen-bond donors (Lipinski definition) is 1. The minimum atomic E-state index is -4.76. The highest BCUT2D eigenvalue weighted by atomic mass is 19.4. The summed E-state index contributed by atoms with van der Waals surface area (Å²) in [6, 6.07) is 0.987. The summed E-state index contributed by atoms with van der Waals surface area (Å²) in [6.45, 7) is 0. The number of anilines is 1. The lowest BCUT2D eigenvalue weighted by Crippen LogP contribution is -2.10. The van der Waals surface area contributed by atoms with Crippen LogP contribution in [0.25, 0.3) is 0 Å². The first-order valence-electron chi connectivity index (χ1n) is 3.43. The van der Waals surface area contributed by atoms with Gasteiger partial charge < -0.3 is 5.73 Å². The maximum absolute atomic E-state index is 12.1. The van der Waals surface area contributed by atoms with Crippen molar-refractivity contribution >= 4 is 5.82 Å². The fraction of sp³-hybridized carbons (Fsp3) is 0.286. The van der Waals surface area contributed by atoms with Gasteiger partial charge in [-0.2, -0.15) is 13.2 Å². The summed E-state index contributed by atoms with van der Waals surface area (Å²) >= 11 is 0. The quantitative estimate of drug-likeness (QED) is 0.726. The summed E-state index contributed by atoms with van der Waals surface area (Å²) in [5.41, 5.74) is 2.75. The predicted molar refractivity (Wildman–Crippen MR) is 38.6 cm³/mol. The molecule has 0 amide bonds. The number of alkyl halides is 5. The molecule has 2 nitrogen and oxygen atoms in total. The van der Waals surface area contributed by atoms with E-state index in [1.807, 2.05) is 0 Å². The van der Waals surface area contributed by atoms with Crippen LogP contribution >= 0.6 is 0 Å². The molecule has 0 saturated heterocycles. The molecule has 14 heavy (non-hydrogen) atoms. The van der Waals surface area contributed by atoms with E-state index >= 15 is 0 Å². The van der Waals surface area contributed by atoms with Crippen molar-refractivity contribution in [2.75, 3.05) is 5.73 Å². The van der Waals surface area contributed by atoms with Crippen molar-refractivity contribution in [2.24, 2.45) is 0 Å². The molecule has 1 aromatic heterocycles. The number of aromatic nitrogens is 1. The van der Waals surface area contributed by atoms with E-state index in [0.29, 0.717) is 6.07 Å². The fourth-order valence-electron chi connectivity index (χ4n) is 0.845. The summed E-state index contributed by atoms with van der Waals surface area (Å²) in [7, 11) is 0. The van der Waals surface area contributed by atoms with Gasteiger partial charge in [-0.15, -0.1) is 0 Å². The van der Waals surface area contributed by atoms with Crippen LogP contribution in [0.4, 0.5) is 27.8 Å². The maximum atomic E-state index is 12.1. The maximum Gasteiger partial charge on any atom is 0.433 e. The summed E-state index contributed by atoms with van der Waals surface area (Å²) in [5.74, 6) is -0.574. The number of pyridine rings is 1. The zero-order valence-electron chi connectivity index (χ0n) is 6.65. The van der Waals surface area contributed by atoms with Gasteiger partial charge in [0.25, 0.3) is 6.43 Å². The molecule has 0 spiro atoms. The Morgan fingerprint density at radius 3 is 2.21 bits per heavy atom. The highest BCUT2D eigenvalue weighted by Crippen LogP contribution is 2.31. The summed E-state index contributed by atoms with van der Waals surface area (Å²) in [6.07, 6.45) is -7.76. The minimum Gasteiger partial charge on any atom is -0.384 e. The van der Waals surface area contributed by atoms with Gasteiger partial charge in [0.15, 0.2) is 0 Å². The molecule has 1 heterocycles. The van der Waals surface area contributed by atoms with Crippen LogP contribution in [0.2, 0.25) is 0 Å². The molecule has 78 valence electrons. The van der Waals surface area contributed by atoms with Crippen molar-refractivity contribution < 1.29 is 22.0 Å². The molecule has 0 aliphatic carbocycles. The second-order valence-electron chi connectivity index (χ2n) is 2.51. The van der Waals surface area contributed by atoms with Gasteiger partial charge >= 0.3 is 6.18 Å². The predicted octanol–water partition coefficient (Wildman–Crippen LogP) is 2.62. The van der Waals surface area contributed by atoms with Crippen LogP contribution in [0.5, 0.6) is 0 Å². The first-order chi connectivity index (χ1) is 6.30. The lowest BCUT2D eigenvalue weighted by Gasteiger charge is -2.08. The van der Waals surface area contributed by atoms with Crippen molar-refractivity contribution in [3.63, 3.8) is 0 Å². The standard InChI is InChI=1S/C7H5F5N2/c8-6(9)3-1-4(7(10,11)12)14-5(13)2-3/h1-2,6H,(H2,13,14). The summed E-state index contributed by atoms with van der Waals surface area (Å²) in [4.78, 5) is 2.91. The Morgan fingerprint density at radius 2 is 1.79 bits per heavy atom. The van der Waals surface area contributed by atoms with Crippen molar-refractivity contribution in [2.45, 2.75) is 12.6 Å². The van der Waals surface area contributed by atoms with Gasteiger partial charge in [0.05, 0.1) is 0 Å². The number of nitrogens with zero attached hydrogens (tertiary/aromatic N) is 1. The van der Waals surface area contributed by atoms with Crippen LogP contribution < -0.4 is 5.73 Å². The van der Waals surface area contributed by atoms with Gasteiger partial charge in [0.1, 0.15) is 11.5 Å². The molecule has 0 atom stereocenters. The molecule has 0 radical (unpaired) electrons. The van der Waals surface area contributed by atoms with E-state index in [-0.39, 0.29) is 6.07 Å². The van der Waals surface area contributed by atoms with Gasteiger partial charge in [-0.05, 0) is 12.1 Å². The molecule has 0 saturated carbocycles. The van der Waals surface area contributed by atoms with Gasteiger partial charge in [0, 0.05) is 5.56 Å². The number of nitrogens with two attached hydrogens (primary N) is 1. The van der Waals surface area contributed by atoms with Crippen LogP contribution in [0.3, 0.4) is 0 Å². The van der Waals surface area contributed by atoms with Crippen molar-refractivity contribution in [3.8, 4) is 0 Å². The Hall–Kier alpha value is -1.40. The summed E-state index contributed by atoms with van der Waals surface area (Å²) < 4.78 is 60.3. The SMILES string of the molecule is Nc1cc(C(F)F)cc(C(F)(F)F)n1. The molecular weight excluding hydrogens is 207 g/mol. The van der Waals surface area contributed by atoms with Crippen molar-refractivity contribution in [1.82, 2.24) is 4.98 Å². The number of rotatable bonds is 1. The third-order valence-electron chi connectivity index (χ3n) is 1.41. The van der Waals surface area contributed by atoms with Crippen LogP contribution in [0.1, 0.15) is 17.7 Å². The largest absolute Gasteiger partial charge is 0.433 e. The van der Waals surface area contributed by atoms with E-state index in [9.17, 15) is 22.0 Å². The normalized spacial score (nSPS) is 12.1. The van der Waals surface area contributed by atoms with Crippen LogP contribution in [0.15, 0.2) is 12.1 Å². The van der Waals surface area contributed by atoms with Crippen molar-refractivity contribution in [3.05, 3.63) is 23.4 Å². The summed E-state index contributed by atoms with van der Waals surface area (Å²) in [5, 5.41) is 0. The lowest BCUT2D eigenvalue weighted by atomic mass is 10.2. The van der Waals surface area contributed by atoms with Gasteiger partial charge in [0.2, 0.25) is 0 Å². The number of halogens is 5. The van der Waals surface area contributed by atoms with Crippen LogP contribution in [-0.2, 0) is 6.18 Å².